The van der Waals surface area contributed by atoms with Gasteiger partial charge >= 0.3 is 0 Å². The van der Waals surface area contributed by atoms with Crippen molar-refractivity contribution in [1.82, 2.24) is 0 Å². The molecule has 0 nitrogen and oxygen atoms in total. The van der Waals surface area contributed by atoms with Crippen molar-refractivity contribution in [3.05, 3.63) is 0 Å². The molecule has 9 heavy (non-hydrogen) atoms. The van der Waals surface area contributed by atoms with Crippen molar-refractivity contribution in [3.8, 4) is 0 Å². The van der Waals surface area contributed by atoms with Crippen LogP contribution in [0.2, 0.25) is 5.82 Å². The van der Waals surface area contributed by atoms with Crippen molar-refractivity contribution < 1.29 is 0 Å². The third-order valence-corrected chi connectivity index (χ3v) is 1.51. The minimum absolute atomic E-state index is 0.404. The van der Waals surface area contributed by atoms with Gasteiger partial charge in [-0.1, -0.05) is 51.8 Å². The highest BCUT2D eigenvalue weighted by Gasteiger charge is 1.91. The van der Waals surface area contributed by atoms with Crippen molar-refractivity contribution in [2.75, 3.05) is 0 Å². The van der Waals surface area contributed by atoms with E-state index in [1.807, 2.05) is 0 Å². The molecule has 0 bridgehead atoms. The molecular weight excluding hydrogens is 107 g/mol. The molecule has 0 amide bonds. The Kier molecular flexibility index (Phi) is 6.23. The van der Waals surface area contributed by atoms with Crippen LogP contribution >= 0.6 is 0 Å². The molecule has 0 spiro atoms. The molecular formula is C8H17B. The van der Waals surface area contributed by atoms with Crippen LogP contribution in [0.5, 0.6) is 0 Å². The van der Waals surface area contributed by atoms with Crippen LogP contribution in [0.15, 0.2) is 0 Å². The minimum atomic E-state index is 0.404. The summed E-state index contributed by atoms with van der Waals surface area (Å²) in [4.78, 5) is 0. The first-order chi connectivity index (χ1) is 4.27. The summed E-state index contributed by atoms with van der Waals surface area (Å²) >= 11 is 0. The molecule has 0 saturated carbocycles. The lowest BCUT2D eigenvalue weighted by molar-refractivity contribution is 0.624. The van der Waals surface area contributed by atoms with E-state index in [0.717, 1.165) is 0 Å². The Morgan fingerprint density at radius 2 is 1.89 bits per heavy atom. The summed E-state index contributed by atoms with van der Waals surface area (Å²) in [6.07, 6.45) is 6.55. The van der Waals surface area contributed by atoms with Gasteiger partial charge in [-0.3, -0.25) is 0 Å². The van der Waals surface area contributed by atoms with Gasteiger partial charge in [0.2, 0.25) is 0 Å². The van der Waals surface area contributed by atoms with E-state index in [0.29, 0.717) is 5.82 Å². The molecule has 0 fully saturated rings. The lowest BCUT2D eigenvalue weighted by Crippen LogP contribution is -1.85. The molecule has 0 aromatic carbocycles. The van der Waals surface area contributed by atoms with Crippen molar-refractivity contribution >= 4 is 7.85 Å². The lowest BCUT2D eigenvalue weighted by atomic mass is 9.85. The van der Waals surface area contributed by atoms with Gasteiger partial charge in [0.05, 0.1) is 7.85 Å². The number of hydrogen-bond donors (Lipinski definition) is 0. The van der Waals surface area contributed by atoms with Crippen LogP contribution in [0, 0.1) is 0 Å². The Morgan fingerprint density at radius 3 is 2.33 bits per heavy atom. The molecule has 0 N–H and O–H groups in total. The fourth-order valence-electron chi connectivity index (χ4n) is 0.893. The van der Waals surface area contributed by atoms with Crippen molar-refractivity contribution in [2.45, 2.75) is 51.8 Å². The molecule has 1 atom stereocenters. The summed E-state index contributed by atoms with van der Waals surface area (Å²) in [7, 11) is 5.57. The van der Waals surface area contributed by atoms with E-state index in [1.54, 1.807) is 0 Å². The van der Waals surface area contributed by atoms with Gasteiger partial charge < -0.3 is 0 Å². The maximum absolute atomic E-state index is 5.57. The largest absolute Gasteiger partial charge is 0.0802 e. The van der Waals surface area contributed by atoms with Crippen LogP contribution in [-0.4, -0.2) is 7.85 Å². The standard InChI is InChI=1S/C8H17B/c1-3-4-5-6-7-8(2)9/h8H,3-7H2,1-2H3. The topological polar surface area (TPSA) is 0 Å². The molecule has 0 aromatic heterocycles. The molecule has 0 rings (SSSR count). The molecule has 0 aliphatic heterocycles. The molecule has 0 heterocycles. The van der Waals surface area contributed by atoms with Gasteiger partial charge in [-0.2, -0.15) is 0 Å². The van der Waals surface area contributed by atoms with Gasteiger partial charge in [-0.15, -0.1) is 0 Å². The summed E-state index contributed by atoms with van der Waals surface area (Å²) in [5.74, 6) is 0.404. The Morgan fingerprint density at radius 1 is 1.22 bits per heavy atom. The fraction of sp³-hybridized carbons (Fsp3) is 1.00. The van der Waals surface area contributed by atoms with Crippen LogP contribution < -0.4 is 0 Å². The van der Waals surface area contributed by atoms with Crippen LogP contribution in [0.3, 0.4) is 0 Å². The van der Waals surface area contributed by atoms with E-state index in [9.17, 15) is 0 Å². The Hall–Kier alpha value is 0.0649. The first kappa shape index (κ1) is 9.06. The fourth-order valence-corrected chi connectivity index (χ4v) is 0.893. The van der Waals surface area contributed by atoms with Crippen LogP contribution in [0.1, 0.15) is 46.0 Å². The number of rotatable bonds is 5. The predicted octanol–water partition coefficient (Wildman–Crippen LogP) is 2.93. The van der Waals surface area contributed by atoms with E-state index in [2.05, 4.69) is 13.8 Å². The van der Waals surface area contributed by atoms with E-state index < -0.39 is 0 Å². The van der Waals surface area contributed by atoms with Gasteiger partial charge in [0.1, 0.15) is 0 Å². The van der Waals surface area contributed by atoms with Crippen molar-refractivity contribution in [1.29, 1.82) is 0 Å². The maximum Gasteiger partial charge on any atom is 0.0695 e. The highest BCUT2D eigenvalue weighted by Crippen LogP contribution is 2.10. The summed E-state index contributed by atoms with van der Waals surface area (Å²) in [5.41, 5.74) is 0. The van der Waals surface area contributed by atoms with Gasteiger partial charge in [0.15, 0.2) is 0 Å². The third-order valence-electron chi connectivity index (χ3n) is 1.51. The second-order valence-corrected chi connectivity index (χ2v) is 2.83. The van der Waals surface area contributed by atoms with E-state index >= 15 is 0 Å². The second-order valence-electron chi connectivity index (χ2n) is 2.83. The normalized spacial score (nSPS) is 13.6. The average Bonchev–Trinajstić information content (AvgIpc) is 1.80. The second kappa shape index (κ2) is 6.19. The summed E-state index contributed by atoms with van der Waals surface area (Å²) in [6.45, 7) is 4.30. The average molecular weight is 124 g/mol. The smallest absolute Gasteiger partial charge is 0.0695 e. The van der Waals surface area contributed by atoms with E-state index in [4.69, 9.17) is 7.85 Å². The van der Waals surface area contributed by atoms with Crippen LogP contribution in [0.4, 0.5) is 0 Å². The Bertz CT molecular complexity index is 50.5. The number of hydrogen-bond acceptors (Lipinski definition) is 0. The first-order valence-corrected chi connectivity index (χ1v) is 4.03. The molecule has 0 aliphatic carbocycles. The SMILES string of the molecule is [B]C(C)CCCCCC. The van der Waals surface area contributed by atoms with Gasteiger partial charge in [-0.25, -0.2) is 0 Å². The summed E-state index contributed by atoms with van der Waals surface area (Å²) in [5, 5.41) is 0. The van der Waals surface area contributed by atoms with Crippen LogP contribution in [-0.2, 0) is 0 Å². The van der Waals surface area contributed by atoms with E-state index in [-0.39, 0.29) is 0 Å². The molecule has 1 heteroatoms. The first-order valence-electron chi connectivity index (χ1n) is 4.03. The molecule has 52 valence electrons. The zero-order valence-electron chi connectivity index (χ0n) is 6.69. The molecule has 0 aliphatic rings. The Balaban J connectivity index is 2.75. The molecule has 0 aromatic rings. The maximum atomic E-state index is 5.57. The predicted molar refractivity (Wildman–Crippen MR) is 43.9 cm³/mol. The van der Waals surface area contributed by atoms with Crippen LogP contribution in [0.25, 0.3) is 0 Å². The van der Waals surface area contributed by atoms with Gasteiger partial charge in [0, 0.05) is 0 Å². The number of unbranched alkanes of at least 4 members (excludes halogenated alkanes) is 3. The van der Waals surface area contributed by atoms with Crippen molar-refractivity contribution in [2.24, 2.45) is 0 Å². The third kappa shape index (κ3) is 8.06. The van der Waals surface area contributed by atoms with Gasteiger partial charge in [0.25, 0.3) is 0 Å². The molecule has 1 unspecified atom stereocenters. The van der Waals surface area contributed by atoms with E-state index in [1.165, 1.54) is 32.1 Å². The highest BCUT2D eigenvalue weighted by molar-refractivity contribution is 6.11. The summed E-state index contributed by atoms with van der Waals surface area (Å²) < 4.78 is 0. The van der Waals surface area contributed by atoms with Gasteiger partial charge in [-0.05, 0) is 0 Å². The summed E-state index contributed by atoms with van der Waals surface area (Å²) in [6, 6.07) is 0. The molecule has 0 saturated heterocycles. The lowest BCUT2D eigenvalue weighted by Gasteiger charge is -2.02. The monoisotopic (exact) mass is 124 g/mol. The zero-order valence-corrected chi connectivity index (χ0v) is 6.69. The Labute approximate surface area is 60.4 Å². The highest BCUT2D eigenvalue weighted by atomic mass is 13.9. The zero-order chi connectivity index (χ0) is 7.11. The quantitative estimate of drug-likeness (QED) is 0.390. The molecule has 2 radical (unpaired) electrons. The van der Waals surface area contributed by atoms with Crippen molar-refractivity contribution in [3.63, 3.8) is 0 Å². The minimum Gasteiger partial charge on any atom is -0.0802 e.